The van der Waals surface area contributed by atoms with Crippen molar-refractivity contribution in [2.45, 2.75) is 36.5 Å². The molecule has 176 valence electrons. The summed E-state index contributed by atoms with van der Waals surface area (Å²) in [4.78, 5) is 9.35. The minimum Gasteiger partial charge on any atom is -0.382 e. The Morgan fingerprint density at radius 1 is 0.914 bits per heavy atom. The summed E-state index contributed by atoms with van der Waals surface area (Å²) < 4.78 is 28.7. The highest BCUT2D eigenvalue weighted by molar-refractivity contribution is 7.92. The molecule has 0 aliphatic heterocycles. The number of hydrogen-bond donors (Lipinski definition) is 1. The molecule has 0 aliphatic rings. The summed E-state index contributed by atoms with van der Waals surface area (Å²) >= 11 is 0. The minimum absolute atomic E-state index is 0.0362. The monoisotopic (exact) mass is 483 g/mol. The van der Waals surface area contributed by atoms with Gasteiger partial charge in [-0.1, -0.05) is 67.9 Å². The number of rotatable bonds is 5. The molecule has 0 amide bonds. The van der Waals surface area contributed by atoms with Gasteiger partial charge in [-0.3, -0.25) is 0 Å². The lowest BCUT2D eigenvalue weighted by atomic mass is 10.0. The van der Waals surface area contributed by atoms with Gasteiger partial charge in [0, 0.05) is 0 Å². The molecule has 0 unspecified atom stereocenters. The maximum atomic E-state index is 13.7. The third kappa shape index (κ3) is 4.06. The summed E-state index contributed by atoms with van der Waals surface area (Å²) in [5.74, 6) is 0.383. The molecular weight excluding hydrogens is 458 g/mol. The molecule has 5 rings (SSSR count). The molecule has 0 fully saturated rings. The number of hydrogen-bond acceptors (Lipinski definition) is 6. The zero-order valence-electron chi connectivity index (χ0n) is 19.7. The third-order valence-corrected chi connectivity index (χ3v) is 7.79. The first-order valence-electron chi connectivity index (χ1n) is 11.3. The number of aryl methyl sites for hydroxylation is 1. The topological polar surface area (TPSA) is 103 Å². The number of nitrogens with two attached hydrogens (primary N) is 1. The maximum Gasteiger partial charge on any atom is 0.212 e. The Labute approximate surface area is 203 Å². The fourth-order valence-corrected chi connectivity index (χ4v) is 5.41. The van der Waals surface area contributed by atoms with Crippen LogP contribution in [0, 0.1) is 6.92 Å². The highest BCUT2D eigenvalue weighted by Crippen LogP contribution is 2.35. The van der Waals surface area contributed by atoms with Crippen LogP contribution in [0.15, 0.2) is 87.7 Å². The first-order valence-corrected chi connectivity index (χ1v) is 12.8. The zero-order chi connectivity index (χ0) is 24.7. The van der Waals surface area contributed by atoms with E-state index in [1.807, 2.05) is 49.4 Å². The Bertz CT molecular complexity index is 1680. The second-order valence-corrected chi connectivity index (χ2v) is 10.7. The SMILES string of the molecule is Cc1ccc(S(=O)(=O)c2c(N)n(N=Cc3ccc(C(C)C)cc3)c3nc4ccccc4nc23)cc1. The largest absolute Gasteiger partial charge is 0.382 e. The first-order chi connectivity index (χ1) is 16.8. The lowest BCUT2D eigenvalue weighted by Crippen LogP contribution is -2.06. The second-order valence-electron chi connectivity index (χ2n) is 8.79. The van der Waals surface area contributed by atoms with E-state index in [0.29, 0.717) is 17.0 Å². The van der Waals surface area contributed by atoms with Gasteiger partial charge in [-0.05, 0) is 48.2 Å². The number of aromatic nitrogens is 3. The minimum atomic E-state index is -3.98. The molecule has 3 aromatic carbocycles. The predicted molar refractivity (Wildman–Crippen MR) is 140 cm³/mol. The molecule has 2 heterocycles. The number of para-hydroxylation sites is 2. The molecule has 0 radical (unpaired) electrons. The fourth-order valence-electron chi connectivity index (χ4n) is 3.93. The molecule has 0 saturated carbocycles. The molecule has 5 aromatic rings. The van der Waals surface area contributed by atoms with Crippen LogP contribution in [0.2, 0.25) is 0 Å². The Balaban J connectivity index is 1.72. The van der Waals surface area contributed by atoms with Gasteiger partial charge in [-0.15, -0.1) is 0 Å². The van der Waals surface area contributed by atoms with E-state index in [0.717, 1.165) is 11.1 Å². The highest BCUT2D eigenvalue weighted by Gasteiger charge is 2.30. The molecule has 8 heteroatoms. The van der Waals surface area contributed by atoms with E-state index < -0.39 is 9.84 Å². The van der Waals surface area contributed by atoms with Crippen LogP contribution in [-0.2, 0) is 9.84 Å². The van der Waals surface area contributed by atoms with Gasteiger partial charge in [0.2, 0.25) is 9.84 Å². The van der Waals surface area contributed by atoms with Gasteiger partial charge in [-0.2, -0.15) is 9.78 Å². The van der Waals surface area contributed by atoms with Gasteiger partial charge in [0.25, 0.3) is 0 Å². The van der Waals surface area contributed by atoms with Crippen molar-refractivity contribution in [3.8, 4) is 0 Å². The molecular formula is C27H25N5O2S. The Morgan fingerprint density at radius 3 is 2.17 bits per heavy atom. The lowest BCUT2D eigenvalue weighted by molar-refractivity contribution is 0.597. The number of benzene rings is 3. The molecule has 2 aromatic heterocycles. The number of fused-ring (bicyclic) bond motifs is 2. The normalized spacial score (nSPS) is 12.3. The van der Waals surface area contributed by atoms with Crippen molar-refractivity contribution >= 4 is 44.1 Å². The van der Waals surface area contributed by atoms with Crippen molar-refractivity contribution < 1.29 is 8.42 Å². The number of sulfone groups is 1. The summed E-state index contributed by atoms with van der Waals surface area (Å²) in [7, 11) is -3.98. The van der Waals surface area contributed by atoms with Crippen LogP contribution in [0.1, 0.15) is 36.5 Å². The summed E-state index contributed by atoms with van der Waals surface area (Å²) in [5, 5.41) is 4.53. The zero-order valence-corrected chi connectivity index (χ0v) is 20.5. The van der Waals surface area contributed by atoms with Gasteiger partial charge in [0.15, 0.2) is 5.65 Å². The van der Waals surface area contributed by atoms with Crippen LogP contribution in [0.25, 0.3) is 22.2 Å². The molecule has 0 aliphatic carbocycles. The van der Waals surface area contributed by atoms with E-state index in [2.05, 4.69) is 28.9 Å². The van der Waals surface area contributed by atoms with Crippen LogP contribution >= 0.6 is 0 Å². The quantitative estimate of drug-likeness (QED) is 0.341. The second kappa shape index (κ2) is 8.63. The maximum absolute atomic E-state index is 13.7. The van der Waals surface area contributed by atoms with Crippen molar-refractivity contribution in [2.24, 2.45) is 5.10 Å². The summed E-state index contributed by atoms with van der Waals surface area (Å²) in [6.45, 7) is 6.17. The van der Waals surface area contributed by atoms with Gasteiger partial charge < -0.3 is 5.73 Å². The Kier molecular flexibility index (Phi) is 5.61. The smallest absolute Gasteiger partial charge is 0.212 e. The van der Waals surface area contributed by atoms with Crippen LogP contribution in [-0.4, -0.2) is 29.3 Å². The van der Waals surface area contributed by atoms with Crippen LogP contribution in [0.4, 0.5) is 5.82 Å². The van der Waals surface area contributed by atoms with Gasteiger partial charge in [0.05, 0.1) is 22.1 Å². The molecule has 2 N–H and O–H groups in total. The van der Waals surface area contributed by atoms with Crippen molar-refractivity contribution in [3.05, 3.63) is 89.5 Å². The predicted octanol–water partition coefficient (Wildman–Crippen LogP) is 5.31. The van der Waals surface area contributed by atoms with Crippen molar-refractivity contribution in [2.75, 3.05) is 5.73 Å². The van der Waals surface area contributed by atoms with E-state index >= 15 is 0 Å². The average molecular weight is 484 g/mol. The molecule has 0 saturated heterocycles. The number of anilines is 1. The molecule has 35 heavy (non-hydrogen) atoms. The van der Waals surface area contributed by atoms with Crippen molar-refractivity contribution in [3.63, 3.8) is 0 Å². The Morgan fingerprint density at radius 2 is 1.54 bits per heavy atom. The van der Waals surface area contributed by atoms with Gasteiger partial charge >= 0.3 is 0 Å². The van der Waals surface area contributed by atoms with Crippen molar-refractivity contribution in [1.29, 1.82) is 0 Å². The molecule has 0 bridgehead atoms. The van der Waals surface area contributed by atoms with Crippen LogP contribution in [0.3, 0.4) is 0 Å². The van der Waals surface area contributed by atoms with Crippen LogP contribution < -0.4 is 5.73 Å². The standard InChI is InChI=1S/C27H25N5O2S/c1-17(2)20-12-10-19(11-13-20)16-29-32-26(28)25(35(33,34)21-14-8-18(3)9-15-21)24-27(32)31-23-7-5-4-6-22(23)30-24/h4-17H,28H2,1-3H3. The highest BCUT2D eigenvalue weighted by atomic mass is 32.2. The summed E-state index contributed by atoms with van der Waals surface area (Å²) in [6, 6.07) is 22.0. The summed E-state index contributed by atoms with van der Waals surface area (Å²) in [5.41, 5.74) is 11.1. The fraction of sp³-hybridized carbons (Fsp3) is 0.148. The van der Waals surface area contributed by atoms with E-state index in [-0.39, 0.29) is 26.8 Å². The van der Waals surface area contributed by atoms with E-state index in [4.69, 9.17) is 5.73 Å². The summed E-state index contributed by atoms with van der Waals surface area (Å²) in [6.07, 6.45) is 1.64. The average Bonchev–Trinajstić information content (AvgIpc) is 3.12. The Hall–Kier alpha value is -4.04. The van der Waals surface area contributed by atoms with E-state index in [1.165, 1.54) is 10.2 Å². The van der Waals surface area contributed by atoms with Gasteiger partial charge in [-0.25, -0.2) is 18.4 Å². The lowest BCUT2D eigenvalue weighted by Gasteiger charge is -2.06. The van der Waals surface area contributed by atoms with E-state index in [1.54, 1.807) is 36.5 Å². The van der Waals surface area contributed by atoms with E-state index in [9.17, 15) is 8.42 Å². The number of nitrogens with zero attached hydrogens (tertiary/aromatic N) is 4. The molecule has 0 spiro atoms. The molecule has 0 atom stereocenters. The van der Waals surface area contributed by atoms with Gasteiger partial charge in [0.1, 0.15) is 16.2 Å². The number of nitrogen functional groups attached to an aromatic ring is 1. The van der Waals surface area contributed by atoms with Crippen molar-refractivity contribution in [1.82, 2.24) is 14.6 Å². The van der Waals surface area contributed by atoms with Crippen LogP contribution in [0.5, 0.6) is 0 Å². The first kappa shape index (κ1) is 22.7. The molecule has 7 nitrogen and oxygen atoms in total. The third-order valence-electron chi connectivity index (χ3n) is 5.95.